The Morgan fingerprint density at radius 3 is 2.95 bits per heavy atom. The van der Waals surface area contributed by atoms with Crippen molar-refractivity contribution in [1.29, 1.82) is 0 Å². The maximum absolute atomic E-state index is 11.4. The number of aromatic nitrogens is 5. The number of nitrogens with one attached hydrogen (secondary N) is 2. The van der Waals surface area contributed by atoms with Gasteiger partial charge in [-0.2, -0.15) is 4.98 Å². The molecule has 0 radical (unpaired) electrons. The normalized spacial score (nSPS) is 24.1. The number of aromatic amines is 1. The Bertz CT molecular complexity index is 1430. The van der Waals surface area contributed by atoms with E-state index >= 15 is 0 Å². The number of ether oxygens (including phenoxy) is 1. The molecular weight excluding hydrogens is 524 g/mol. The van der Waals surface area contributed by atoms with Crippen molar-refractivity contribution in [3.05, 3.63) is 58.6 Å². The maximum Gasteiger partial charge on any atom is 0.258 e. The average molecular weight is 553 g/mol. The van der Waals surface area contributed by atoms with Crippen LogP contribution in [0.3, 0.4) is 0 Å². The van der Waals surface area contributed by atoms with E-state index < -0.39 is 0 Å². The number of H-pyrrole nitrogens is 1. The van der Waals surface area contributed by atoms with Crippen LogP contribution in [0.15, 0.2) is 52.4 Å². The van der Waals surface area contributed by atoms with Crippen LogP contribution in [0.4, 0.5) is 5.95 Å². The van der Waals surface area contributed by atoms with Gasteiger partial charge >= 0.3 is 0 Å². The number of thioether (sulfide) groups is 1. The fourth-order valence-electron chi connectivity index (χ4n) is 5.51. The summed E-state index contributed by atoms with van der Waals surface area (Å²) in [5.74, 6) is 1.65. The Morgan fingerprint density at radius 1 is 1.34 bits per heavy atom. The molecule has 10 nitrogen and oxygen atoms in total. The van der Waals surface area contributed by atoms with E-state index in [2.05, 4.69) is 31.2 Å². The van der Waals surface area contributed by atoms with Crippen molar-refractivity contribution in [2.24, 2.45) is 11.1 Å². The molecule has 1 amide bonds. The Morgan fingerprint density at radius 2 is 2.18 bits per heavy atom. The Labute approximate surface area is 229 Å². The van der Waals surface area contributed by atoms with E-state index in [1.165, 1.54) is 17.3 Å². The van der Waals surface area contributed by atoms with Gasteiger partial charge in [0.25, 0.3) is 5.91 Å². The van der Waals surface area contributed by atoms with Crippen molar-refractivity contribution in [3.63, 3.8) is 0 Å². The first-order valence-corrected chi connectivity index (χ1v) is 14.0. The second-order valence-corrected chi connectivity index (χ2v) is 11.4. The number of nitrogens with zero attached hydrogens (tertiary/aromatic N) is 5. The van der Waals surface area contributed by atoms with E-state index in [9.17, 15) is 4.79 Å². The molecule has 3 aliphatic rings. The minimum absolute atomic E-state index is 0.0212. The highest BCUT2D eigenvalue weighted by Crippen LogP contribution is 2.50. The predicted molar refractivity (Wildman–Crippen MR) is 147 cm³/mol. The molecule has 2 aliphatic heterocycles. The molecule has 1 aliphatic carbocycles. The second kappa shape index (κ2) is 10.2. The summed E-state index contributed by atoms with van der Waals surface area (Å²) < 4.78 is 5.51. The molecule has 2 fully saturated rings. The molecule has 38 heavy (non-hydrogen) atoms. The smallest absolute Gasteiger partial charge is 0.258 e. The van der Waals surface area contributed by atoms with Gasteiger partial charge in [0.2, 0.25) is 5.95 Å². The summed E-state index contributed by atoms with van der Waals surface area (Å²) in [6.07, 6.45) is 10.2. The Hall–Kier alpha value is -3.15. The summed E-state index contributed by atoms with van der Waals surface area (Å²) >= 11 is 7.63. The summed E-state index contributed by atoms with van der Waals surface area (Å²) in [5, 5.41) is 3.55. The van der Waals surface area contributed by atoms with Gasteiger partial charge in [0.05, 0.1) is 18.1 Å². The molecule has 0 aromatic carbocycles. The molecule has 5 heterocycles. The highest BCUT2D eigenvalue weighted by atomic mass is 35.5. The van der Waals surface area contributed by atoms with Crippen molar-refractivity contribution in [2.45, 2.75) is 43.3 Å². The van der Waals surface area contributed by atoms with Gasteiger partial charge in [-0.1, -0.05) is 17.8 Å². The standard InChI is InChI=1S/C26H29ClN8O2S/c1-15-19(37-14-20(36)31-15)5-4-16(12-27)38-21-13-30-23-24(32-21)34-25(33-23)35-9-6-26(7-10-35)11-18-17(22(26)28)3-2-8-29-18/h2-5,8,13,15,22H,6-7,9-12,14,28H2,1H3,(H,31,36)(H,30,32,33,34)/b16-4+,19-5+/t15?,22-/m1/s1. The van der Waals surface area contributed by atoms with Crippen molar-refractivity contribution in [3.8, 4) is 0 Å². The number of hydrogen-bond donors (Lipinski definition) is 3. The van der Waals surface area contributed by atoms with Crippen LogP contribution in [0, 0.1) is 5.41 Å². The van der Waals surface area contributed by atoms with Crippen LogP contribution >= 0.6 is 23.4 Å². The van der Waals surface area contributed by atoms with Gasteiger partial charge in [0.1, 0.15) is 10.8 Å². The average Bonchev–Trinajstić information content (AvgIpc) is 3.46. The third kappa shape index (κ3) is 4.74. The van der Waals surface area contributed by atoms with Gasteiger partial charge in [-0.05, 0) is 55.4 Å². The molecule has 1 unspecified atom stereocenters. The molecule has 0 bridgehead atoms. The molecule has 2 atom stereocenters. The predicted octanol–water partition coefficient (Wildman–Crippen LogP) is 3.22. The lowest BCUT2D eigenvalue weighted by Crippen LogP contribution is -2.44. The zero-order valence-electron chi connectivity index (χ0n) is 21.0. The number of amides is 1. The fraction of sp³-hybridized carbons (Fsp3) is 0.423. The van der Waals surface area contributed by atoms with E-state index in [4.69, 9.17) is 32.0 Å². The molecule has 0 saturated carbocycles. The molecular formula is C26H29ClN8O2S. The highest BCUT2D eigenvalue weighted by molar-refractivity contribution is 8.03. The number of morpholine rings is 1. The fourth-order valence-corrected chi connectivity index (χ4v) is 6.46. The lowest BCUT2D eigenvalue weighted by molar-refractivity contribution is -0.127. The van der Waals surface area contributed by atoms with Gasteiger partial charge in [-0.25, -0.2) is 9.97 Å². The topological polar surface area (TPSA) is 135 Å². The lowest BCUT2D eigenvalue weighted by atomic mass is 9.73. The molecule has 6 rings (SSSR count). The van der Waals surface area contributed by atoms with Crippen LogP contribution in [0.5, 0.6) is 0 Å². The monoisotopic (exact) mass is 552 g/mol. The summed E-state index contributed by atoms with van der Waals surface area (Å²) in [7, 11) is 0. The first-order chi connectivity index (χ1) is 18.4. The Balaban J connectivity index is 1.13. The number of pyridine rings is 1. The summed E-state index contributed by atoms with van der Waals surface area (Å²) in [5.41, 5.74) is 10.3. The zero-order valence-corrected chi connectivity index (χ0v) is 22.6. The van der Waals surface area contributed by atoms with Crippen LogP contribution < -0.4 is 16.0 Å². The number of nitrogens with two attached hydrogens (primary N) is 1. The number of fused-ring (bicyclic) bond motifs is 2. The SMILES string of the molecule is CC1NC(=O)CO/C1=C/C=C(\CCl)Sc1cnc2nc(N3CCC4(CC3)Cc3ncccc3[C@H]4N)[nH]c2n1. The third-order valence-electron chi connectivity index (χ3n) is 7.65. The quantitative estimate of drug-likeness (QED) is 0.322. The van der Waals surface area contributed by atoms with Crippen LogP contribution in [0.1, 0.15) is 37.1 Å². The summed E-state index contributed by atoms with van der Waals surface area (Å²) in [6, 6.07) is 3.93. The molecule has 3 aromatic rings. The van der Waals surface area contributed by atoms with E-state index in [0.717, 1.165) is 48.9 Å². The largest absolute Gasteiger partial charge is 0.486 e. The third-order valence-corrected chi connectivity index (χ3v) is 9.04. The molecule has 4 N–H and O–H groups in total. The number of carbonyl (C=O) groups excluding carboxylic acids is 1. The zero-order chi connectivity index (χ0) is 26.3. The number of hydrogen-bond acceptors (Lipinski definition) is 9. The van der Waals surface area contributed by atoms with E-state index in [1.54, 1.807) is 6.20 Å². The van der Waals surface area contributed by atoms with Crippen LogP contribution in [-0.2, 0) is 16.0 Å². The van der Waals surface area contributed by atoms with Gasteiger partial charge in [0, 0.05) is 35.9 Å². The summed E-state index contributed by atoms with van der Waals surface area (Å²) in [4.78, 5) is 36.5. The number of carbonyl (C=O) groups is 1. The number of halogens is 1. The van der Waals surface area contributed by atoms with Crippen molar-refractivity contribution in [1.82, 2.24) is 30.2 Å². The van der Waals surface area contributed by atoms with Crippen molar-refractivity contribution < 1.29 is 9.53 Å². The molecule has 1 spiro atoms. The van der Waals surface area contributed by atoms with E-state index in [0.29, 0.717) is 28.0 Å². The van der Waals surface area contributed by atoms with Gasteiger partial charge in [-0.3, -0.25) is 9.78 Å². The number of anilines is 1. The number of piperidine rings is 1. The minimum atomic E-state index is -0.185. The Kier molecular flexibility index (Phi) is 6.75. The highest BCUT2D eigenvalue weighted by Gasteiger charge is 2.46. The molecule has 12 heteroatoms. The van der Waals surface area contributed by atoms with E-state index in [1.807, 2.05) is 31.3 Å². The molecule has 198 valence electrons. The second-order valence-electron chi connectivity index (χ2n) is 10.00. The maximum atomic E-state index is 11.4. The number of rotatable bonds is 5. The van der Waals surface area contributed by atoms with Crippen LogP contribution in [0.25, 0.3) is 11.3 Å². The van der Waals surface area contributed by atoms with Crippen molar-refractivity contribution in [2.75, 3.05) is 30.5 Å². The van der Waals surface area contributed by atoms with Crippen molar-refractivity contribution >= 4 is 46.5 Å². The molecule has 2 saturated heterocycles. The number of alkyl halides is 1. The molecule has 3 aromatic heterocycles. The first kappa shape index (κ1) is 25.1. The lowest BCUT2D eigenvalue weighted by Gasteiger charge is -2.41. The van der Waals surface area contributed by atoms with Gasteiger partial charge in [0.15, 0.2) is 17.9 Å². The summed E-state index contributed by atoms with van der Waals surface area (Å²) in [6.45, 7) is 3.61. The van der Waals surface area contributed by atoms with E-state index in [-0.39, 0.29) is 30.0 Å². The van der Waals surface area contributed by atoms with Crippen LogP contribution in [0.2, 0.25) is 0 Å². The van der Waals surface area contributed by atoms with Gasteiger partial charge < -0.3 is 25.7 Å². The minimum Gasteiger partial charge on any atom is -0.486 e. The van der Waals surface area contributed by atoms with Crippen LogP contribution in [-0.4, -0.2) is 62.4 Å². The van der Waals surface area contributed by atoms with Gasteiger partial charge in [-0.15, -0.1) is 11.6 Å². The number of allylic oxidation sites excluding steroid dienone is 3. The first-order valence-electron chi connectivity index (χ1n) is 12.7. The number of imidazole rings is 1.